The predicted molar refractivity (Wildman–Crippen MR) is 85.3 cm³/mol. The molecule has 0 atom stereocenters. The Morgan fingerprint density at radius 1 is 1.13 bits per heavy atom. The molecule has 0 saturated carbocycles. The highest BCUT2D eigenvalue weighted by atomic mass is 79.9. The lowest BCUT2D eigenvalue weighted by Gasteiger charge is -2.17. The van der Waals surface area contributed by atoms with Gasteiger partial charge in [-0.1, -0.05) is 15.9 Å². The number of nitrogens with one attached hydrogen (secondary N) is 1. The standard InChI is InChI=1S/C15H11BrFNO4S/c16-10-2-4-12(17)14(8-10)23(20,21)22-11-3-5-13-9(7-11)1-6-15(19)18-13/h2-5,7-8H,1,6H2,(H,18,19). The highest BCUT2D eigenvalue weighted by molar-refractivity contribution is 9.10. The molecular weight excluding hydrogens is 389 g/mol. The van der Waals surface area contributed by atoms with Crippen LogP contribution in [0, 0.1) is 5.82 Å². The third kappa shape index (κ3) is 3.37. The summed E-state index contributed by atoms with van der Waals surface area (Å²) in [6.45, 7) is 0. The van der Waals surface area contributed by atoms with Crippen LogP contribution in [0.1, 0.15) is 12.0 Å². The highest BCUT2D eigenvalue weighted by Crippen LogP contribution is 2.29. The Hall–Kier alpha value is -1.93. The maximum absolute atomic E-state index is 13.8. The molecule has 23 heavy (non-hydrogen) atoms. The minimum Gasteiger partial charge on any atom is -0.379 e. The molecule has 1 aliphatic heterocycles. The lowest BCUT2D eigenvalue weighted by atomic mass is 10.0. The summed E-state index contributed by atoms with van der Waals surface area (Å²) in [4.78, 5) is 10.8. The van der Waals surface area contributed by atoms with Gasteiger partial charge in [0.2, 0.25) is 5.91 Å². The van der Waals surface area contributed by atoms with Gasteiger partial charge in [-0.25, -0.2) is 4.39 Å². The van der Waals surface area contributed by atoms with E-state index in [1.54, 1.807) is 6.07 Å². The van der Waals surface area contributed by atoms with Crippen molar-refractivity contribution >= 4 is 37.6 Å². The Morgan fingerprint density at radius 2 is 1.91 bits per heavy atom. The van der Waals surface area contributed by atoms with E-state index in [0.717, 1.165) is 17.7 Å². The van der Waals surface area contributed by atoms with Gasteiger partial charge < -0.3 is 9.50 Å². The van der Waals surface area contributed by atoms with Gasteiger partial charge in [-0.2, -0.15) is 8.42 Å². The summed E-state index contributed by atoms with van der Waals surface area (Å²) >= 11 is 3.10. The van der Waals surface area contributed by atoms with E-state index in [0.29, 0.717) is 23.0 Å². The molecule has 0 radical (unpaired) electrons. The van der Waals surface area contributed by atoms with Crippen molar-refractivity contribution in [1.29, 1.82) is 0 Å². The van der Waals surface area contributed by atoms with Crippen LogP contribution >= 0.6 is 15.9 Å². The Morgan fingerprint density at radius 3 is 2.70 bits per heavy atom. The summed E-state index contributed by atoms with van der Waals surface area (Å²) in [5, 5.41) is 2.69. The summed E-state index contributed by atoms with van der Waals surface area (Å²) in [6, 6.07) is 8.09. The summed E-state index contributed by atoms with van der Waals surface area (Å²) in [5.74, 6) is -0.910. The number of anilines is 1. The van der Waals surface area contributed by atoms with Gasteiger partial charge in [0.15, 0.2) is 0 Å². The topological polar surface area (TPSA) is 72.5 Å². The maximum Gasteiger partial charge on any atom is 0.342 e. The zero-order chi connectivity index (χ0) is 16.6. The third-order valence-corrected chi connectivity index (χ3v) is 5.10. The van der Waals surface area contributed by atoms with Crippen LogP contribution in [0.4, 0.5) is 10.1 Å². The third-order valence-electron chi connectivity index (χ3n) is 3.34. The smallest absolute Gasteiger partial charge is 0.342 e. The van der Waals surface area contributed by atoms with Crippen LogP contribution in [0.25, 0.3) is 0 Å². The molecular formula is C15H11BrFNO4S. The SMILES string of the molecule is O=C1CCc2cc(OS(=O)(=O)c3cc(Br)ccc3F)ccc2N1. The Kier molecular flexibility index (Phi) is 4.11. The molecule has 2 aromatic carbocycles. The molecule has 1 heterocycles. The van der Waals surface area contributed by atoms with Gasteiger partial charge in [-0.15, -0.1) is 0 Å². The van der Waals surface area contributed by atoms with E-state index < -0.39 is 20.8 Å². The van der Waals surface area contributed by atoms with E-state index in [-0.39, 0.29) is 11.7 Å². The summed E-state index contributed by atoms with van der Waals surface area (Å²) in [6.07, 6.45) is 0.813. The number of hydrogen-bond acceptors (Lipinski definition) is 4. The van der Waals surface area contributed by atoms with E-state index in [4.69, 9.17) is 4.18 Å². The molecule has 0 fully saturated rings. The van der Waals surface area contributed by atoms with Crippen molar-refractivity contribution in [3.63, 3.8) is 0 Å². The number of halogens is 2. The number of amides is 1. The first kappa shape index (κ1) is 15.9. The summed E-state index contributed by atoms with van der Waals surface area (Å²) in [5.41, 5.74) is 1.40. The van der Waals surface area contributed by atoms with Crippen molar-refractivity contribution in [3.8, 4) is 5.75 Å². The summed E-state index contributed by atoms with van der Waals surface area (Å²) in [7, 11) is -4.30. The fraction of sp³-hybridized carbons (Fsp3) is 0.133. The molecule has 120 valence electrons. The van der Waals surface area contributed by atoms with Crippen LogP contribution in [-0.2, 0) is 21.3 Å². The quantitative estimate of drug-likeness (QED) is 0.804. The number of carbonyl (C=O) groups is 1. The average Bonchev–Trinajstić information content (AvgIpc) is 2.49. The van der Waals surface area contributed by atoms with Crippen molar-refractivity contribution in [2.75, 3.05) is 5.32 Å². The Labute approximate surface area is 140 Å². The predicted octanol–water partition coefficient (Wildman–Crippen LogP) is 3.24. The Balaban J connectivity index is 1.92. The molecule has 1 N–H and O–H groups in total. The van der Waals surface area contributed by atoms with E-state index in [9.17, 15) is 17.6 Å². The molecule has 0 aromatic heterocycles. The zero-order valence-corrected chi connectivity index (χ0v) is 14.1. The van der Waals surface area contributed by atoms with E-state index in [2.05, 4.69) is 21.2 Å². The molecule has 0 spiro atoms. The normalized spacial score (nSPS) is 14.1. The van der Waals surface area contributed by atoms with E-state index in [1.807, 2.05) is 0 Å². The number of hydrogen-bond donors (Lipinski definition) is 1. The fourth-order valence-electron chi connectivity index (χ4n) is 2.25. The van der Waals surface area contributed by atoms with Crippen LogP contribution in [-0.4, -0.2) is 14.3 Å². The van der Waals surface area contributed by atoms with Crippen molar-refractivity contribution in [1.82, 2.24) is 0 Å². The molecule has 5 nitrogen and oxygen atoms in total. The van der Waals surface area contributed by atoms with Crippen LogP contribution < -0.4 is 9.50 Å². The van der Waals surface area contributed by atoms with Gasteiger partial charge in [0.1, 0.15) is 16.5 Å². The Bertz CT molecular complexity index is 898. The fourth-order valence-corrected chi connectivity index (χ4v) is 3.79. The van der Waals surface area contributed by atoms with E-state index in [1.165, 1.54) is 18.2 Å². The van der Waals surface area contributed by atoms with Gasteiger partial charge in [0, 0.05) is 16.6 Å². The first-order valence-corrected chi connectivity index (χ1v) is 8.87. The molecule has 0 bridgehead atoms. The minimum atomic E-state index is -4.30. The molecule has 0 unspecified atom stereocenters. The van der Waals surface area contributed by atoms with Crippen LogP contribution in [0.2, 0.25) is 0 Å². The number of aryl methyl sites for hydroxylation is 1. The molecule has 0 saturated heterocycles. The minimum absolute atomic E-state index is 0.0688. The van der Waals surface area contributed by atoms with Crippen molar-refractivity contribution in [3.05, 3.63) is 52.3 Å². The van der Waals surface area contributed by atoms with Crippen LogP contribution in [0.5, 0.6) is 5.75 Å². The maximum atomic E-state index is 13.8. The van der Waals surface area contributed by atoms with Crippen molar-refractivity contribution < 1.29 is 21.8 Å². The lowest BCUT2D eigenvalue weighted by molar-refractivity contribution is -0.116. The molecule has 2 aromatic rings. The molecule has 8 heteroatoms. The van der Waals surface area contributed by atoms with Gasteiger partial charge in [0.25, 0.3) is 0 Å². The lowest BCUT2D eigenvalue weighted by Crippen LogP contribution is -2.19. The van der Waals surface area contributed by atoms with Gasteiger partial charge >= 0.3 is 10.1 Å². The number of carbonyl (C=O) groups excluding carboxylic acids is 1. The molecule has 3 rings (SSSR count). The second-order valence-electron chi connectivity index (χ2n) is 4.98. The number of fused-ring (bicyclic) bond motifs is 1. The van der Waals surface area contributed by atoms with Gasteiger partial charge in [-0.3, -0.25) is 4.79 Å². The monoisotopic (exact) mass is 399 g/mol. The van der Waals surface area contributed by atoms with Crippen molar-refractivity contribution in [2.24, 2.45) is 0 Å². The summed E-state index contributed by atoms with van der Waals surface area (Å²) < 4.78 is 43.7. The number of rotatable bonds is 3. The number of benzene rings is 2. The molecule has 0 aliphatic carbocycles. The van der Waals surface area contributed by atoms with E-state index >= 15 is 0 Å². The van der Waals surface area contributed by atoms with Gasteiger partial charge in [0.05, 0.1) is 0 Å². The van der Waals surface area contributed by atoms with Crippen molar-refractivity contribution in [2.45, 2.75) is 17.7 Å². The molecule has 1 aliphatic rings. The van der Waals surface area contributed by atoms with Crippen LogP contribution in [0.3, 0.4) is 0 Å². The second kappa shape index (κ2) is 5.93. The van der Waals surface area contributed by atoms with Gasteiger partial charge in [-0.05, 0) is 48.4 Å². The zero-order valence-electron chi connectivity index (χ0n) is 11.7. The largest absolute Gasteiger partial charge is 0.379 e. The second-order valence-corrected chi connectivity index (χ2v) is 7.41. The highest BCUT2D eigenvalue weighted by Gasteiger charge is 2.23. The van der Waals surface area contributed by atoms with Crippen LogP contribution in [0.15, 0.2) is 45.8 Å². The molecule has 1 amide bonds. The average molecular weight is 400 g/mol. The first-order chi connectivity index (χ1) is 10.8. The first-order valence-electron chi connectivity index (χ1n) is 6.67.